The van der Waals surface area contributed by atoms with Gasteiger partial charge in [-0.15, -0.1) is 0 Å². The van der Waals surface area contributed by atoms with E-state index in [-0.39, 0.29) is 17.9 Å². The molecule has 3 N–H and O–H groups in total. The Labute approximate surface area is 130 Å². The Hall–Kier alpha value is -1.10. The highest BCUT2D eigenvalue weighted by atomic mass is 35.5. The van der Waals surface area contributed by atoms with Crippen molar-refractivity contribution in [2.45, 2.75) is 38.3 Å². The van der Waals surface area contributed by atoms with E-state index in [4.69, 9.17) is 17.3 Å². The molecule has 5 heteroatoms. The second kappa shape index (κ2) is 7.25. The van der Waals surface area contributed by atoms with E-state index in [1.165, 1.54) is 0 Å². The van der Waals surface area contributed by atoms with Crippen LogP contribution in [0.4, 0.5) is 0 Å². The van der Waals surface area contributed by atoms with Gasteiger partial charge in [-0.05, 0) is 43.4 Å². The lowest BCUT2D eigenvalue weighted by Gasteiger charge is -2.34. The van der Waals surface area contributed by atoms with Gasteiger partial charge >= 0.3 is 0 Å². The van der Waals surface area contributed by atoms with Gasteiger partial charge in [0, 0.05) is 30.6 Å². The number of aliphatic hydroxyl groups is 1. The third-order valence-electron chi connectivity index (χ3n) is 4.05. The summed E-state index contributed by atoms with van der Waals surface area (Å²) in [6, 6.07) is 7.21. The predicted molar refractivity (Wildman–Crippen MR) is 84.0 cm³/mol. The summed E-state index contributed by atoms with van der Waals surface area (Å²) in [4.78, 5) is 13.8. The van der Waals surface area contributed by atoms with Crippen LogP contribution >= 0.6 is 11.6 Å². The summed E-state index contributed by atoms with van der Waals surface area (Å²) in [6.07, 6.45) is 1.53. The van der Waals surface area contributed by atoms with E-state index in [0.29, 0.717) is 24.5 Å². The minimum Gasteiger partial charge on any atom is -0.388 e. The molecule has 1 saturated heterocycles. The molecule has 1 heterocycles. The number of hydrogen-bond donors (Lipinski definition) is 2. The number of hydrogen-bond acceptors (Lipinski definition) is 3. The van der Waals surface area contributed by atoms with Gasteiger partial charge in [0.1, 0.15) is 0 Å². The molecule has 21 heavy (non-hydrogen) atoms. The molecular weight excluding hydrogens is 288 g/mol. The second-order valence-corrected chi connectivity index (χ2v) is 6.33. The molecule has 2 atom stereocenters. The molecule has 0 radical (unpaired) electrons. The quantitative estimate of drug-likeness (QED) is 0.897. The molecule has 1 aromatic rings. The van der Waals surface area contributed by atoms with E-state index in [0.717, 1.165) is 18.4 Å². The van der Waals surface area contributed by atoms with Crippen LogP contribution in [0.3, 0.4) is 0 Å². The van der Waals surface area contributed by atoms with Gasteiger partial charge in [0.05, 0.1) is 6.10 Å². The lowest BCUT2D eigenvalue weighted by molar-refractivity contribution is -0.133. The Morgan fingerprint density at radius 3 is 2.48 bits per heavy atom. The maximum atomic E-state index is 12.0. The maximum Gasteiger partial charge on any atom is 0.224 e. The first-order valence-electron chi connectivity index (χ1n) is 7.44. The van der Waals surface area contributed by atoms with E-state index in [9.17, 15) is 9.90 Å². The molecule has 0 aromatic heterocycles. The minimum absolute atomic E-state index is 0.102. The van der Waals surface area contributed by atoms with Gasteiger partial charge in [-0.1, -0.05) is 23.7 Å². The van der Waals surface area contributed by atoms with Gasteiger partial charge in [0.15, 0.2) is 0 Å². The minimum atomic E-state index is -0.493. The van der Waals surface area contributed by atoms with E-state index < -0.39 is 6.10 Å². The molecule has 1 aliphatic rings. The van der Waals surface area contributed by atoms with Gasteiger partial charge in [-0.2, -0.15) is 0 Å². The molecule has 2 rings (SSSR count). The van der Waals surface area contributed by atoms with Crippen molar-refractivity contribution in [3.05, 3.63) is 34.9 Å². The number of nitrogens with two attached hydrogens (primary N) is 1. The van der Waals surface area contributed by atoms with Crippen LogP contribution in [-0.2, 0) is 4.79 Å². The first kappa shape index (κ1) is 16.3. The number of halogens is 1. The fraction of sp³-hybridized carbons (Fsp3) is 0.562. The summed E-state index contributed by atoms with van der Waals surface area (Å²) in [5.41, 5.74) is 6.55. The lowest BCUT2D eigenvalue weighted by atomic mass is 9.87. The van der Waals surface area contributed by atoms with Crippen molar-refractivity contribution in [3.63, 3.8) is 0 Å². The Morgan fingerprint density at radius 1 is 1.38 bits per heavy atom. The Morgan fingerprint density at radius 2 is 1.95 bits per heavy atom. The molecular formula is C16H23ClN2O2. The highest BCUT2D eigenvalue weighted by Gasteiger charge is 2.28. The molecule has 2 unspecified atom stereocenters. The van der Waals surface area contributed by atoms with Crippen molar-refractivity contribution in [3.8, 4) is 0 Å². The zero-order valence-corrected chi connectivity index (χ0v) is 13.1. The van der Waals surface area contributed by atoms with Crippen LogP contribution in [0, 0.1) is 5.92 Å². The molecule has 1 aliphatic heterocycles. The van der Waals surface area contributed by atoms with Crippen LogP contribution in [0.1, 0.15) is 37.9 Å². The number of aliphatic hydroxyl groups excluding tert-OH is 1. The molecule has 0 aliphatic carbocycles. The predicted octanol–water partition coefficient (Wildman–Crippen LogP) is 2.35. The van der Waals surface area contributed by atoms with Crippen LogP contribution in [0.15, 0.2) is 24.3 Å². The number of nitrogens with zero attached hydrogens (tertiary/aromatic N) is 1. The summed E-state index contributed by atoms with van der Waals surface area (Å²) in [5.74, 6) is 0.301. The number of amides is 1. The average molecular weight is 311 g/mol. The van der Waals surface area contributed by atoms with Crippen molar-refractivity contribution >= 4 is 17.5 Å². The van der Waals surface area contributed by atoms with Crippen LogP contribution in [0.5, 0.6) is 0 Å². The Bertz CT molecular complexity index is 468. The number of piperidine rings is 1. The van der Waals surface area contributed by atoms with Crippen LogP contribution in [0.25, 0.3) is 0 Å². The summed E-state index contributed by atoms with van der Waals surface area (Å²) in [7, 11) is 0. The van der Waals surface area contributed by atoms with Crippen molar-refractivity contribution in [2.75, 3.05) is 13.1 Å². The number of likely N-dealkylation sites (tertiary alicyclic amines) is 1. The third kappa shape index (κ3) is 4.43. The monoisotopic (exact) mass is 310 g/mol. The second-order valence-electron chi connectivity index (χ2n) is 5.90. The van der Waals surface area contributed by atoms with Crippen molar-refractivity contribution in [2.24, 2.45) is 11.7 Å². The zero-order chi connectivity index (χ0) is 15.4. The van der Waals surface area contributed by atoms with Gasteiger partial charge < -0.3 is 15.7 Å². The summed E-state index contributed by atoms with van der Waals surface area (Å²) < 4.78 is 0. The number of benzene rings is 1. The highest BCUT2D eigenvalue weighted by molar-refractivity contribution is 6.30. The number of carbonyl (C=O) groups is 1. The highest BCUT2D eigenvalue weighted by Crippen LogP contribution is 2.31. The Balaban J connectivity index is 1.88. The van der Waals surface area contributed by atoms with E-state index in [1.807, 2.05) is 24.0 Å². The molecule has 0 bridgehead atoms. The van der Waals surface area contributed by atoms with E-state index in [1.54, 1.807) is 12.1 Å². The Kier molecular flexibility index (Phi) is 5.62. The molecule has 0 spiro atoms. The SMILES string of the molecule is CC(N)CC(=O)N1CCC(C(O)c2ccc(Cl)cc2)CC1. The molecule has 0 saturated carbocycles. The van der Waals surface area contributed by atoms with Crippen LogP contribution in [-0.4, -0.2) is 35.0 Å². The fourth-order valence-corrected chi connectivity index (χ4v) is 2.93. The first-order chi connectivity index (χ1) is 9.97. The van der Waals surface area contributed by atoms with E-state index in [2.05, 4.69) is 0 Å². The fourth-order valence-electron chi connectivity index (χ4n) is 2.80. The van der Waals surface area contributed by atoms with Gasteiger partial charge in [0.2, 0.25) is 5.91 Å². The molecule has 116 valence electrons. The van der Waals surface area contributed by atoms with Crippen molar-refractivity contribution < 1.29 is 9.90 Å². The largest absolute Gasteiger partial charge is 0.388 e. The molecule has 1 aromatic carbocycles. The molecule has 1 amide bonds. The molecule has 1 fully saturated rings. The standard InChI is InChI=1S/C16H23ClN2O2/c1-11(18)10-15(20)19-8-6-13(7-9-19)16(21)12-2-4-14(17)5-3-12/h2-5,11,13,16,21H,6-10,18H2,1H3. The van der Waals surface area contributed by atoms with Crippen LogP contribution in [0.2, 0.25) is 5.02 Å². The maximum absolute atomic E-state index is 12.0. The zero-order valence-electron chi connectivity index (χ0n) is 12.3. The van der Waals surface area contributed by atoms with Gasteiger partial charge in [0.25, 0.3) is 0 Å². The molecule has 4 nitrogen and oxygen atoms in total. The lowest BCUT2D eigenvalue weighted by Crippen LogP contribution is -2.41. The first-order valence-corrected chi connectivity index (χ1v) is 7.82. The van der Waals surface area contributed by atoms with Crippen molar-refractivity contribution in [1.29, 1.82) is 0 Å². The van der Waals surface area contributed by atoms with Crippen LogP contribution < -0.4 is 5.73 Å². The summed E-state index contributed by atoms with van der Waals surface area (Å²) in [5, 5.41) is 11.1. The average Bonchev–Trinajstić information content (AvgIpc) is 2.47. The smallest absolute Gasteiger partial charge is 0.224 e. The summed E-state index contributed by atoms with van der Waals surface area (Å²) in [6.45, 7) is 3.23. The number of rotatable bonds is 4. The van der Waals surface area contributed by atoms with Gasteiger partial charge in [-0.3, -0.25) is 4.79 Å². The third-order valence-corrected chi connectivity index (χ3v) is 4.30. The van der Waals surface area contributed by atoms with Crippen molar-refractivity contribution in [1.82, 2.24) is 4.90 Å². The number of carbonyl (C=O) groups excluding carboxylic acids is 1. The van der Waals surface area contributed by atoms with Gasteiger partial charge in [-0.25, -0.2) is 0 Å². The topological polar surface area (TPSA) is 66.6 Å². The normalized spacial score (nSPS) is 19.3. The van der Waals surface area contributed by atoms with E-state index >= 15 is 0 Å². The summed E-state index contributed by atoms with van der Waals surface area (Å²) >= 11 is 5.86.